The number of halogens is 6. The maximum absolute atomic E-state index is 12.6. The van der Waals surface area contributed by atoms with Gasteiger partial charge in [-0.25, -0.2) is 29.1 Å². The quantitative estimate of drug-likeness (QED) is 0.0214. The van der Waals surface area contributed by atoms with Crippen molar-refractivity contribution in [2.45, 2.75) is 70.6 Å². The number of hydrogen-bond acceptors (Lipinski definition) is 19. The van der Waals surface area contributed by atoms with Crippen LogP contribution in [0.1, 0.15) is 120 Å². The molecule has 0 radical (unpaired) electrons. The van der Waals surface area contributed by atoms with Crippen LogP contribution in [0, 0.1) is 0 Å². The van der Waals surface area contributed by atoms with Crippen LogP contribution in [-0.4, -0.2) is 101 Å². The van der Waals surface area contributed by atoms with Gasteiger partial charge in [0, 0.05) is 73.6 Å². The number of carbonyl (C=O) groups is 5. The first kappa shape index (κ1) is 102. The van der Waals surface area contributed by atoms with Gasteiger partial charge in [0.05, 0.1) is 47.9 Å². The van der Waals surface area contributed by atoms with Crippen molar-refractivity contribution in [1.29, 1.82) is 0 Å². The Kier molecular flexibility index (Phi) is 33.4. The van der Waals surface area contributed by atoms with Crippen molar-refractivity contribution >= 4 is 154 Å². The van der Waals surface area contributed by atoms with Crippen LogP contribution in [0.2, 0.25) is 30.1 Å². The van der Waals surface area contributed by atoms with Gasteiger partial charge in [0.25, 0.3) is 22.2 Å². The Hall–Kier alpha value is -17.3. The highest BCUT2D eigenvalue weighted by molar-refractivity contribution is 6.37. The summed E-state index contributed by atoms with van der Waals surface area (Å²) in [5, 5.41) is 35.0. The van der Waals surface area contributed by atoms with E-state index in [9.17, 15) is 47.9 Å². The third-order valence-electron chi connectivity index (χ3n) is 23.5. The van der Waals surface area contributed by atoms with Crippen LogP contribution in [0.5, 0.6) is 28.7 Å². The molecule has 0 saturated heterocycles. The summed E-state index contributed by atoms with van der Waals surface area (Å²) in [4.78, 5) is 140. The van der Waals surface area contributed by atoms with Crippen molar-refractivity contribution in [2.24, 2.45) is 0 Å². The fraction of sp³-hybridized carbons (Fsp3) is 0.0973. The van der Waals surface area contributed by atoms with Crippen molar-refractivity contribution < 1.29 is 47.7 Å². The Morgan fingerprint density at radius 3 is 0.905 bits per heavy atom. The zero-order valence-electron chi connectivity index (χ0n) is 78.1. The van der Waals surface area contributed by atoms with E-state index in [1.165, 1.54) is 47.0 Å². The lowest BCUT2D eigenvalue weighted by Crippen LogP contribution is -2.18. The van der Waals surface area contributed by atoms with Crippen LogP contribution in [0.25, 0.3) is 54.4 Å². The third kappa shape index (κ3) is 27.0. The number of aromatic amines is 10. The minimum Gasteiger partial charge on any atom is -0.416 e. The zero-order valence-corrected chi connectivity index (χ0v) is 82.7. The number of nitrogens with one attached hydrogen (secondary N) is 10. The molecule has 21 aromatic rings. The molecule has 11 aromatic carbocycles. The number of ether oxygens (including phenoxy) is 5. The van der Waals surface area contributed by atoms with Gasteiger partial charge in [0.2, 0.25) is 0 Å². The van der Waals surface area contributed by atoms with Crippen molar-refractivity contribution in [3.8, 4) is 28.7 Å². The summed E-state index contributed by atoms with van der Waals surface area (Å²) in [7, 11) is 0. The average Bonchev–Trinajstić information content (AvgIpc) is 1.07. The van der Waals surface area contributed by atoms with Gasteiger partial charge in [-0.1, -0.05) is 252 Å². The van der Waals surface area contributed by atoms with E-state index in [-0.39, 0.29) is 51.5 Å². The Morgan fingerprint density at radius 2 is 0.547 bits per heavy atom. The molecule has 0 spiro atoms. The first-order valence-corrected chi connectivity index (χ1v) is 48.6. The summed E-state index contributed by atoms with van der Waals surface area (Å²) in [6.07, 6.45) is 11.7. The fourth-order valence-electron chi connectivity index (χ4n) is 15.8. The van der Waals surface area contributed by atoms with E-state index in [0.717, 1.165) is 101 Å². The number of nitrogens with zero attached hydrogens (tertiary/aromatic N) is 4. The fourth-order valence-corrected chi connectivity index (χ4v) is 17.0. The summed E-state index contributed by atoms with van der Waals surface area (Å²) in [6.45, 7) is 0. The normalized spacial score (nSPS) is 10.9. The van der Waals surface area contributed by atoms with E-state index in [1.807, 2.05) is 158 Å². The molecule has 0 atom stereocenters. The summed E-state index contributed by atoms with van der Waals surface area (Å²) >= 11 is 36.4. The number of aryl methyl sites for hydroxylation is 10. The number of hydrogen-bond donors (Lipinski definition) is 10. The number of rotatable bonds is 27. The molecule has 10 aromatic heterocycles. The maximum atomic E-state index is 12.6. The molecule has 148 heavy (non-hydrogen) atoms. The van der Waals surface area contributed by atoms with Crippen LogP contribution in [0.3, 0.4) is 0 Å². The zero-order chi connectivity index (χ0) is 103. The van der Waals surface area contributed by atoms with E-state index in [4.69, 9.17) is 93.3 Å². The van der Waals surface area contributed by atoms with Gasteiger partial charge < -0.3 is 53.6 Å². The van der Waals surface area contributed by atoms with Crippen molar-refractivity contribution in [3.05, 3.63) is 506 Å². The van der Waals surface area contributed by atoms with E-state index < -0.39 is 57.6 Å². The Morgan fingerprint density at radius 1 is 0.250 bits per heavy atom. The molecule has 10 N–H and O–H groups in total. The minimum atomic E-state index is -0.726. The summed E-state index contributed by atoms with van der Waals surface area (Å²) < 4.78 is 26.5. The lowest BCUT2D eigenvalue weighted by molar-refractivity contribution is 0.0716. The van der Waals surface area contributed by atoms with Crippen molar-refractivity contribution in [2.75, 3.05) is 0 Å². The Labute approximate surface area is 870 Å². The molecule has 0 unspecified atom stereocenters. The molecule has 0 aliphatic rings. The first-order chi connectivity index (χ1) is 71.8. The second-order valence-corrected chi connectivity index (χ2v) is 36.4. The molecule has 29 nitrogen and oxygen atoms in total. The van der Waals surface area contributed by atoms with Gasteiger partial charge in [0.15, 0.2) is 45.8 Å². The Bertz CT molecular complexity index is 8330. The van der Waals surface area contributed by atoms with E-state index in [2.05, 4.69) is 95.0 Å². The predicted molar refractivity (Wildman–Crippen MR) is 571 cm³/mol. The minimum absolute atomic E-state index is 0.0916. The largest absolute Gasteiger partial charge is 0.416 e. The van der Waals surface area contributed by atoms with Crippen LogP contribution in [0.15, 0.2) is 352 Å². The highest BCUT2D eigenvalue weighted by Gasteiger charge is 2.24. The highest BCUT2D eigenvalue weighted by Crippen LogP contribution is 2.31. The molecule has 0 saturated carbocycles. The second-order valence-electron chi connectivity index (χ2n) is 33.9. The molecule has 0 amide bonds. The smallest absolute Gasteiger partial charge is 0.364 e. The molecule has 0 bridgehead atoms. The van der Waals surface area contributed by atoms with Gasteiger partial charge in [-0.05, 0) is 247 Å². The molecule has 740 valence electrons. The van der Waals surface area contributed by atoms with E-state index in [1.54, 1.807) is 116 Å². The maximum Gasteiger partial charge on any atom is 0.364 e. The molecule has 0 aliphatic heterocycles. The van der Waals surface area contributed by atoms with Crippen molar-refractivity contribution in [1.82, 2.24) is 70.7 Å². The van der Waals surface area contributed by atoms with Crippen molar-refractivity contribution in [3.63, 3.8) is 0 Å². The third-order valence-corrected chi connectivity index (χ3v) is 25.4. The topological polar surface area (TPSA) is 426 Å². The lowest BCUT2D eigenvalue weighted by Gasteiger charge is -2.07. The lowest BCUT2D eigenvalue weighted by atomic mass is 10.0. The van der Waals surface area contributed by atoms with Gasteiger partial charge in [-0.2, -0.15) is 20.4 Å². The number of carbonyl (C=O) groups excluding carboxylic acids is 5. The monoisotopic (exact) mass is 2090 g/mol. The highest BCUT2D eigenvalue weighted by atomic mass is 35.5. The number of benzene rings is 11. The number of H-pyrrole nitrogens is 10. The van der Waals surface area contributed by atoms with Gasteiger partial charge >= 0.3 is 35.4 Å². The van der Waals surface area contributed by atoms with Gasteiger partial charge in [0.1, 0.15) is 11.4 Å². The molecular formula is C113H86Cl6N14O15. The number of pyridine rings is 4. The number of esters is 5. The van der Waals surface area contributed by atoms with E-state index in [0.29, 0.717) is 111 Å². The average molecular weight is 2090 g/mol. The summed E-state index contributed by atoms with van der Waals surface area (Å²) in [6, 6.07) is 95.9. The summed E-state index contributed by atoms with van der Waals surface area (Å²) in [5.41, 5.74) is 12.5. The first-order valence-electron chi connectivity index (χ1n) is 46.3. The SMILES string of the molecule is O=C(Oc1cc(Cc2cccc3ccccc23)n[nH]c1=O)c1cc(CCc2ccccc2)[nH]n1.O=C(Oc1cc2c(Cl)cccc2[nH]c1=O)c1cc(CCc2ccc(Cl)cc2)[nH]n1.O=C(Oc1cc2c(Cl)cccc2[nH]c1=O)c1cc(CCc2ccc(Cl)cc2)c[nH]1.O=C(Oc1cc2c(Cl)cccc2[nH]c1=O)c1cc(CCc2ccccc2)[nH]n1.O=C(Oc1cc2c(Cl)cccc2[nH]c1=O)c1cc(CCc2ccccc2)c[nH]1. The van der Waals surface area contributed by atoms with Gasteiger partial charge in [-0.15, -0.1) is 0 Å². The number of aromatic nitrogens is 14. The predicted octanol–water partition coefficient (Wildman–Crippen LogP) is 22.4. The summed E-state index contributed by atoms with van der Waals surface area (Å²) in [5.74, 6) is -3.96. The Balaban J connectivity index is 0.000000126. The molecule has 35 heteroatoms. The number of fused-ring (bicyclic) bond motifs is 5. The van der Waals surface area contributed by atoms with E-state index >= 15 is 0 Å². The molecular weight excluding hydrogens is 2010 g/mol. The van der Waals surface area contributed by atoms with Crippen LogP contribution >= 0.6 is 69.6 Å². The molecule has 0 aliphatic carbocycles. The molecule has 0 fully saturated rings. The van der Waals surface area contributed by atoms with Gasteiger partial charge in [-0.3, -0.25) is 39.3 Å². The molecule has 21 rings (SSSR count). The standard InChI is InChI=1S/C27H22N4O3.C22H16Cl2N2O3.C22H17ClN2O3.C21H15Cl2N3O3.C21H16ClN3O3/c32-26-25(17-22(29-31-26)15-20-11-6-10-19-9-4-5-12-23(19)20)34-27(33)24-16-21(28-30-24)14-13-18-7-2-1-3-8-18;23-15-8-6-13(7-9-15)4-5-14-10-19(25-12-14)22(28)29-20-11-16-17(24)2-1-3-18(16)26-21(20)27;23-17-7-4-8-18-16(17)12-20(21(26)25-18)28-22(27)19-11-15(13-24-19)10-9-14-5-2-1-3-6-14;22-13-7-4-12(5-8-13)6-9-14-10-18(26-25-14)21(28)29-19-11-15-16(23)2-1-3-17(15)24-20(19)27;22-16-7-4-8-17-15(16)12-19(20(26)23-17)28-21(27)18-11-14(24-25-18)10-9-13-5-2-1-3-6-13/h1-12,16-17H,13-15H2,(H,28,30)(H,31,32);1-3,6-12,25H,4-5H2,(H,26,27);1-8,11-13,24H,9-10H2,(H,25,26);1-5,7-8,10-11H,6,9H2,(H,24,27)(H,25,26);1-8,11-12H,9-10H2,(H,23,26)(H,24,25). The van der Waals surface area contributed by atoms with Crippen LogP contribution in [-0.2, 0) is 70.6 Å². The second kappa shape index (κ2) is 48.4. The van der Waals surface area contributed by atoms with Crippen LogP contribution < -0.4 is 51.5 Å². The van der Waals surface area contributed by atoms with Crippen LogP contribution in [0.4, 0.5) is 0 Å². The molecule has 10 heterocycles.